The van der Waals surface area contributed by atoms with Crippen LogP contribution in [0, 0.1) is 0 Å². The third kappa shape index (κ3) is 2.38. The second kappa shape index (κ2) is 5.22. The minimum absolute atomic E-state index is 0. The Morgan fingerprint density at radius 3 is 2.94 bits per heavy atom. The number of aromatic nitrogens is 4. The first-order valence-electron chi connectivity index (χ1n) is 5.63. The van der Waals surface area contributed by atoms with Crippen molar-refractivity contribution in [3.63, 3.8) is 0 Å². The highest BCUT2D eigenvalue weighted by Gasteiger charge is 2.17. The summed E-state index contributed by atoms with van der Waals surface area (Å²) in [7, 11) is 1.78. The van der Waals surface area contributed by atoms with E-state index in [9.17, 15) is 0 Å². The highest BCUT2D eigenvalue weighted by atomic mass is 35.5. The Bertz CT molecular complexity index is 526. The molecule has 0 radical (unpaired) electrons. The molecule has 0 saturated heterocycles. The van der Waals surface area contributed by atoms with Gasteiger partial charge < -0.3 is 10.2 Å². The van der Waals surface area contributed by atoms with Crippen molar-refractivity contribution < 1.29 is 0 Å². The van der Waals surface area contributed by atoms with Gasteiger partial charge in [0.1, 0.15) is 0 Å². The molecule has 0 aliphatic carbocycles. The van der Waals surface area contributed by atoms with Gasteiger partial charge in [0.2, 0.25) is 0 Å². The summed E-state index contributed by atoms with van der Waals surface area (Å²) >= 11 is 0. The number of benzene rings is 1. The van der Waals surface area contributed by atoms with E-state index >= 15 is 0 Å². The van der Waals surface area contributed by atoms with Crippen LogP contribution < -0.4 is 10.2 Å². The Hall–Kier alpha value is -1.82. The predicted octanol–water partition coefficient (Wildman–Crippen LogP) is 1.06. The zero-order chi connectivity index (χ0) is 11.7. The molecule has 0 fully saturated rings. The van der Waals surface area contributed by atoms with Gasteiger partial charge in [-0.3, -0.25) is 0 Å². The minimum Gasteiger partial charge on any atom is -0.382 e. The van der Waals surface area contributed by atoms with Gasteiger partial charge in [0.15, 0.2) is 5.82 Å². The van der Waals surface area contributed by atoms with E-state index in [1.807, 2.05) is 12.1 Å². The smallest absolute Gasteiger partial charge is 0.193 e. The molecule has 0 bridgehead atoms. The molecule has 1 aromatic heterocycles. The van der Waals surface area contributed by atoms with E-state index in [1.54, 1.807) is 7.05 Å². The molecule has 0 unspecified atom stereocenters. The normalized spacial score (nSPS) is 13.5. The summed E-state index contributed by atoms with van der Waals surface area (Å²) < 4.78 is 0. The number of hydrogen-bond donors (Lipinski definition) is 1. The van der Waals surface area contributed by atoms with E-state index in [-0.39, 0.29) is 12.4 Å². The van der Waals surface area contributed by atoms with Crippen LogP contribution in [0.4, 0.5) is 11.4 Å². The molecule has 0 saturated carbocycles. The zero-order valence-electron chi connectivity index (χ0n) is 10.1. The topological polar surface area (TPSA) is 58.9 Å². The molecular formula is C11H15ClN6. The van der Waals surface area contributed by atoms with E-state index in [2.05, 4.69) is 37.8 Å². The Balaban J connectivity index is 0.00000120. The van der Waals surface area contributed by atoms with E-state index in [1.165, 1.54) is 16.2 Å². The molecule has 18 heavy (non-hydrogen) atoms. The lowest BCUT2D eigenvalue weighted by Gasteiger charge is -2.30. The molecule has 1 aromatic carbocycles. The van der Waals surface area contributed by atoms with E-state index in [0.717, 1.165) is 18.9 Å². The zero-order valence-corrected chi connectivity index (χ0v) is 10.9. The largest absolute Gasteiger partial charge is 0.382 e. The van der Waals surface area contributed by atoms with Crippen LogP contribution in [-0.2, 0) is 13.6 Å². The molecule has 1 aliphatic heterocycles. The summed E-state index contributed by atoms with van der Waals surface area (Å²) in [5.41, 5.74) is 2.37. The maximum Gasteiger partial charge on any atom is 0.193 e. The van der Waals surface area contributed by atoms with Crippen molar-refractivity contribution in [1.82, 2.24) is 20.2 Å². The Morgan fingerprint density at radius 1 is 1.33 bits per heavy atom. The van der Waals surface area contributed by atoms with Crippen LogP contribution in [0.2, 0.25) is 0 Å². The number of para-hydroxylation sites is 2. The van der Waals surface area contributed by atoms with Gasteiger partial charge in [-0.05, 0) is 17.3 Å². The van der Waals surface area contributed by atoms with E-state index < -0.39 is 0 Å². The van der Waals surface area contributed by atoms with Crippen molar-refractivity contribution in [2.75, 3.05) is 23.3 Å². The quantitative estimate of drug-likeness (QED) is 0.881. The molecule has 1 aliphatic rings. The molecule has 7 heteroatoms. The minimum atomic E-state index is 0. The molecule has 2 heterocycles. The molecule has 0 atom stereocenters. The lowest BCUT2D eigenvalue weighted by molar-refractivity contribution is 0.626. The van der Waals surface area contributed by atoms with Gasteiger partial charge in [-0.25, -0.2) is 0 Å². The predicted molar refractivity (Wildman–Crippen MR) is 72.0 cm³/mol. The maximum atomic E-state index is 4.21. The molecule has 3 rings (SSSR count). The number of halogens is 1. The van der Waals surface area contributed by atoms with Crippen LogP contribution in [0.5, 0.6) is 0 Å². The molecule has 1 N–H and O–H groups in total. The van der Waals surface area contributed by atoms with E-state index in [4.69, 9.17) is 0 Å². The molecular weight excluding hydrogens is 252 g/mol. The monoisotopic (exact) mass is 266 g/mol. The summed E-state index contributed by atoms with van der Waals surface area (Å²) in [6.07, 6.45) is 0. The second-order valence-corrected chi connectivity index (χ2v) is 4.06. The van der Waals surface area contributed by atoms with Crippen molar-refractivity contribution in [1.29, 1.82) is 0 Å². The Morgan fingerprint density at radius 2 is 2.17 bits per heavy atom. The number of rotatable bonds is 2. The summed E-state index contributed by atoms with van der Waals surface area (Å²) in [4.78, 5) is 3.76. The number of nitrogens with zero attached hydrogens (tertiary/aromatic N) is 5. The average Bonchev–Trinajstić information content (AvgIpc) is 2.75. The van der Waals surface area contributed by atoms with Crippen molar-refractivity contribution in [2.45, 2.75) is 6.54 Å². The van der Waals surface area contributed by atoms with Gasteiger partial charge in [-0.15, -0.1) is 22.6 Å². The van der Waals surface area contributed by atoms with Crippen molar-refractivity contribution in [2.24, 2.45) is 7.05 Å². The summed E-state index contributed by atoms with van der Waals surface area (Å²) in [6.45, 7) is 2.60. The van der Waals surface area contributed by atoms with Gasteiger partial charge in [-0.1, -0.05) is 12.1 Å². The Kier molecular flexibility index (Phi) is 3.66. The number of tetrazole rings is 1. The fourth-order valence-electron chi connectivity index (χ4n) is 2.07. The first-order chi connectivity index (χ1) is 8.33. The van der Waals surface area contributed by atoms with E-state index in [0.29, 0.717) is 6.54 Å². The van der Waals surface area contributed by atoms with Gasteiger partial charge >= 0.3 is 0 Å². The summed E-state index contributed by atoms with van der Waals surface area (Å²) in [6, 6.07) is 8.28. The molecule has 2 aromatic rings. The highest BCUT2D eigenvalue weighted by Crippen LogP contribution is 2.28. The maximum absolute atomic E-state index is 4.21. The number of anilines is 2. The van der Waals surface area contributed by atoms with Gasteiger partial charge in [0, 0.05) is 13.1 Å². The molecule has 0 amide bonds. The fourth-order valence-corrected chi connectivity index (χ4v) is 2.07. The number of nitrogens with one attached hydrogen (secondary N) is 1. The molecule has 6 nitrogen and oxygen atoms in total. The average molecular weight is 267 g/mol. The van der Waals surface area contributed by atoms with Crippen LogP contribution in [0.1, 0.15) is 5.82 Å². The molecule has 0 spiro atoms. The lowest BCUT2D eigenvalue weighted by atomic mass is 10.2. The number of hydrogen-bond acceptors (Lipinski definition) is 5. The van der Waals surface area contributed by atoms with Gasteiger partial charge in [-0.2, -0.15) is 4.80 Å². The number of fused-ring (bicyclic) bond motifs is 1. The van der Waals surface area contributed by atoms with Crippen LogP contribution in [0.25, 0.3) is 0 Å². The third-order valence-electron chi connectivity index (χ3n) is 2.82. The van der Waals surface area contributed by atoms with Crippen LogP contribution in [0.15, 0.2) is 24.3 Å². The van der Waals surface area contributed by atoms with Crippen LogP contribution in [0.3, 0.4) is 0 Å². The number of aryl methyl sites for hydroxylation is 1. The second-order valence-electron chi connectivity index (χ2n) is 4.06. The standard InChI is InChI=1S/C11H14N6.ClH/c1-16-14-11(13-15-16)8-17-7-6-12-9-4-2-3-5-10(9)17;/h2-5,12H,6-8H2,1H3;1H. The first kappa shape index (κ1) is 12.6. The van der Waals surface area contributed by atoms with Crippen molar-refractivity contribution in [3.05, 3.63) is 30.1 Å². The summed E-state index contributed by atoms with van der Waals surface area (Å²) in [5.74, 6) is 0.754. The first-order valence-corrected chi connectivity index (χ1v) is 5.63. The van der Waals surface area contributed by atoms with Gasteiger partial charge in [0.05, 0.1) is 25.0 Å². The Labute approximate surface area is 111 Å². The van der Waals surface area contributed by atoms with Gasteiger partial charge in [0.25, 0.3) is 0 Å². The SMILES string of the molecule is Cl.Cn1nnc(CN2CCNc3ccccc32)n1. The van der Waals surface area contributed by atoms with Crippen molar-refractivity contribution >= 4 is 23.8 Å². The molecule has 96 valence electrons. The van der Waals surface area contributed by atoms with Crippen molar-refractivity contribution in [3.8, 4) is 0 Å². The fraction of sp³-hybridized carbons (Fsp3) is 0.364. The highest BCUT2D eigenvalue weighted by molar-refractivity contribution is 5.85. The third-order valence-corrected chi connectivity index (χ3v) is 2.82. The van der Waals surface area contributed by atoms with Crippen LogP contribution in [-0.4, -0.2) is 33.3 Å². The van der Waals surface area contributed by atoms with Crippen LogP contribution >= 0.6 is 12.4 Å². The summed E-state index contributed by atoms with van der Waals surface area (Å²) in [5, 5.41) is 15.5. The lowest BCUT2D eigenvalue weighted by Crippen LogP contribution is -2.33.